The summed E-state index contributed by atoms with van der Waals surface area (Å²) >= 11 is 6.16. The third kappa shape index (κ3) is 6.14. The second-order valence-corrected chi connectivity index (χ2v) is 9.64. The molecule has 0 fully saturated rings. The third-order valence-electron chi connectivity index (χ3n) is 4.90. The van der Waals surface area contributed by atoms with E-state index in [-0.39, 0.29) is 33.9 Å². The highest BCUT2D eigenvalue weighted by Crippen LogP contribution is 2.31. The lowest BCUT2D eigenvalue weighted by Crippen LogP contribution is -2.45. The number of methoxy groups -OCH3 is 1. The predicted octanol–water partition coefficient (Wildman–Crippen LogP) is 3.67. The van der Waals surface area contributed by atoms with Crippen LogP contribution in [0.4, 0.5) is 11.4 Å². The number of anilines is 2. The van der Waals surface area contributed by atoms with Crippen LogP contribution in [0.15, 0.2) is 42.5 Å². The molecule has 0 saturated carbocycles. The van der Waals surface area contributed by atoms with E-state index in [2.05, 4.69) is 10.6 Å². The number of carbonyl (C=O) groups is 2. The molecule has 0 aliphatic carbocycles. The minimum atomic E-state index is -3.84. The number of carbonyl (C=O) groups excluding carboxylic acids is 2. The van der Waals surface area contributed by atoms with Gasteiger partial charge in [0.1, 0.15) is 11.8 Å². The molecule has 0 saturated heterocycles. The number of nitrogens with one attached hydrogen (secondary N) is 2. The van der Waals surface area contributed by atoms with Gasteiger partial charge in [-0.1, -0.05) is 30.7 Å². The number of nitrogens with zero attached hydrogens (tertiary/aromatic N) is 1. The van der Waals surface area contributed by atoms with Crippen molar-refractivity contribution >= 4 is 44.8 Å². The second-order valence-electron chi connectivity index (χ2n) is 7.37. The molecule has 0 radical (unpaired) electrons. The maximum atomic E-state index is 13.0. The highest BCUT2D eigenvalue weighted by molar-refractivity contribution is 7.92. The Morgan fingerprint density at radius 3 is 2.38 bits per heavy atom. The van der Waals surface area contributed by atoms with Crippen LogP contribution in [0.1, 0.15) is 37.6 Å². The van der Waals surface area contributed by atoms with Crippen LogP contribution in [0.3, 0.4) is 0 Å². The lowest BCUT2D eigenvalue weighted by molar-refractivity contribution is -0.116. The van der Waals surface area contributed by atoms with Crippen molar-refractivity contribution in [2.75, 3.05) is 23.0 Å². The average molecular weight is 482 g/mol. The van der Waals surface area contributed by atoms with Crippen molar-refractivity contribution < 1.29 is 22.7 Å². The van der Waals surface area contributed by atoms with E-state index < -0.39 is 22.0 Å². The first-order chi connectivity index (χ1) is 15.0. The average Bonchev–Trinajstić information content (AvgIpc) is 2.73. The number of halogens is 1. The summed E-state index contributed by atoms with van der Waals surface area (Å²) in [6, 6.07) is 9.83. The van der Waals surface area contributed by atoms with E-state index >= 15 is 0 Å². The van der Waals surface area contributed by atoms with Crippen molar-refractivity contribution in [3.63, 3.8) is 0 Å². The molecule has 2 rings (SSSR count). The minimum absolute atomic E-state index is 0.0364. The zero-order valence-corrected chi connectivity index (χ0v) is 20.3. The van der Waals surface area contributed by atoms with Gasteiger partial charge in [0.05, 0.1) is 35.3 Å². The van der Waals surface area contributed by atoms with Crippen LogP contribution < -0.4 is 19.7 Å². The quantitative estimate of drug-likeness (QED) is 0.568. The van der Waals surface area contributed by atoms with E-state index in [1.807, 2.05) is 13.8 Å². The van der Waals surface area contributed by atoms with Gasteiger partial charge in [0.25, 0.3) is 5.91 Å². The maximum absolute atomic E-state index is 13.0. The maximum Gasteiger partial charge on any atom is 0.253 e. The first-order valence-corrected chi connectivity index (χ1v) is 12.3. The zero-order valence-electron chi connectivity index (χ0n) is 18.7. The van der Waals surface area contributed by atoms with Crippen LogP contribution >= 0.6 is 11.6 Å². The van der Waals surface area contributed by atoms with Gasteiger partial charge in [-0.2, -0.15) is 0 Å². The summed E-state index contributed by atoms with van der Waals surface area (Å²) in [5.41, 5.74) is 0.780. The number of benzene rings is 2. The standard InChI is InChI=1S/C22H28ClN3O5S/c1-6-14(2)24-22(28)17-9-7-8-10-19(17)25-21(27)15(3)26(32(5,29)30)16-11-12-20(31-4)18(23)13-16/h7-15H,6H2,1-5H3,(H,24,28)(H,25,27)/t14-,15+/m1/s1. The largest absolute Gasteiger partial charge is 0.495 e. The van der Waals surface area contributed by atoms with Crippen LogP contribution in [0.2, 0.25) is 5.02 Å². The molecule has 2 N–H and O–H groups in total. The van der Waals surface area contributed by atoms with Crippen LogP contribution in [-0.2, 0) is 14.8 Å². The lowest BCUT2D eigenvalue weighted by Gasteiger charge is -2.28. The zero-order chi connectivity index (χ0) is 24.1. The van der Waals surface area contributed by atoms with E-state index in [4.69, 9.17) is 16.3 Å². The summed E-state index contributed by atoms with van der Waals surface area (Å²) in [5.74, 6) is -0.557. The van der Waals surface area contributed by atoms with Crippen LogP contribution in [-0.4, -0.2) is 45.7 Å². The van der Waals surface area contributed by atoms with Crippen molar-refractivity contribution in [1.29, 1.82) is 0 Å². The van der Waals surface area contributed by atoms with Crippen molar-refractivity contribution in [3.8, 4) is 5.75 Å². The van der Waals surface area contributed by atoms with Crippen molar-refractivity contribution in [3.05, 3.63) is 53.1 Å². The normalized spacial score (nSPS) is 13.1. The minimum Gasteiger partial charge on any atom is -0.495 e. The molecule has 0 aliphatic rings. The van der Waals surface area contributed by atoms with Gasteiger partial charge in [-0.25, -0.2) is 8.42 Å². The lowest BCUT2D eigenvalue weighted by atomic mass is 10.1. The van der Waals surface area contributed by atoms with E-state index in [1.165, 1.54) is 32.2 Å². The SMILES string of the molecule is CC[C@@H](C)NC(=O)c1ccccc1NC(=O)[C@H](C)N(c1ccc(OC)c(Cl)c1)S(C)(=O)=O. The second kappa shape index (κ2) is 10.7. The molecule has 2 aromatic rings. The molecule has 2 aromatic carbocycles. The van der Waals surface area contributed by atoms with Gasteiger partial charge in [0.2, 0.25) is 15.9 Å². The van der Waals surface area contributed by atoms with E-state index in [9.17, 15) is 18.0 Å². The molecule has 0 bridgehead atoms. The topological polar surface area (TPSA) is 105 Å². The van der Waals surface area contributed by atoms with Gasteiger partial charge < -0.3 is 15.4 Å². The van der Waals surface area contributed by atoms with Crippen LogP contribution in [0, 0.1) is 0 Å². The molecule has 0 aromatic heterocycles. The molecule has 0 spiro atoms. The fourth-order valence-electron chi connectivity index (χ4n) is 3.03. The van der Waals surface area contributed by atoms with Crippen molar-refractivity contribution in [2.45, 2.75) is 39.3 Å². The fourth-order valence-corrected chi connectivity index (χ4v) is 4.45. The number of para-hydroxylation sites is 1. The van der Waals surface area contributed by atoms with Crippen LogP contribution in [0.25, 0.3) is 0 Å². The molecule has 0 unspecified atom stereocenters. The molecule has 2 atom stereocenters. The Balaban J connectivity index is 2.34. The van der Waals surface area contributed by atoms with Gasteiger partial charge in [-0.3, -0.25) is 13.9 Å². The predicted molar refractivity (Wildman–Crippen MR) is 127 cm³/mol. The first kappa shape index (κ1) is 25.5. The number of sulfonamides is 1. The van der Waals surface area contributed by atoms with E-state index in [0.29, 0.717) is 5.75 Å². The summed E-state index contributed by atoms with van der Waals surface area (Å²) in [4.78, 5) is 25.6. The third-order valence-corrected chi connectivity index (χ3v) is 6.43. The number of amides is 2. The van der Waals surface area contributed by atoms with E-state index in [0.717, 1.165) is 17.0 Å². The van der Waals surface area contributed by atoms with Gasteiger partial charge >= 0.3 is 0 Å². The number of hydrogen-bond acceptors (Lipinski definition) is 5. The highest BCUT2D eigenvalue weighted by Gasteiger charge is 2.30. The smallest absolute Gasteiger partial charge is 0.253 e. The highest BCUT2D eigenvalue weighted by atomic mass is 35.5. The summed E-state index contributed by atoms with van der Waals surface area (Å²) in [5, 5.41) is 5.74. The van der Waals surface area contributed by atoms with Gasteiger partial charge in [0, 0.05) is 6.04 Å². The van der Waals surface area contributed by atoms with Crippen molar-refractivity contribution in [1.82, 2.24) is 5.32 Å². The number of hydrogen-bond donors (Lipinski definition) is 2. The molecule has 10 heteroatoms. The van der Waals surface area contributed by atoms with Crippen LogP contribution in [0.5, 0.6) is 5.75 Å². The molecule has 2 amide bonds. The molecule has 0 aliphatic heterocycles. The Kier molecular flexibility index (Phi) is 8.51. The van der Waals surface area contributed by atoms with Gasteiger partial charge in [-0.05, 0) is 50.6 Å². The van der Waals surface area contributed by atoms with E-state index in [1.54, 1.807) is 24.3 Å². The molecule has 174 valence electrons. The Hall–Kier alpha value is -2.78. The fraction of sp³-hybridized carbons (Fsp3) is 0.364. The monoisotopic (exact) mass is 481 g/mol. The molecular formula is C22H28ClN3O5S. The Morgan fingerprint density at radius 1 is 1.16 bits per heavy atom. The van der Waals surface area contributed by atoms with Crippen molar-refractivity contribution in [2.24, 2.45) is 0 Å². The summed E-state index contributed by atoms with van der Waals surface area (Å²) in [7, 11) is -2.40. The molecular weight excluding hydrogens is 454 g/mol. The Bertz CT molecular complexity index is 1090. The summed E-state index contributed by atoms with van der Waals surface area (Å²) in [6.45, 7) is 5.28. The Morgan fingerprint density at radius 2 is 1.81 bits per heavy atom. The summed E-state index contributed by atoms with van der Waals surface area (Å²) in [6.07, 6.45) is 1.76. The molecule has 32 heavy (non-hydrogen) atoms. The molecule has 0 heterocycles. The van der Waals surface area contributed by atoms with Gasteiger partial charge in [0.15, 0.2) is 0 Å². The molecule has 8 nitrogen and oxygen atoms in total. The Labute approximate surface area is 193 Å². The summed E-state index contributed by atoms with van der Waals surface area (Å²) < 4.78 is 31.1. The number of rotatable bonds is 9. The number of ether oxygens (including phenoxy) is 1. The van der Waals surface area contributed by atoms with Gasteiger partial charge in [-0.15, -0.1) is 0 Å². The first-order valence-electron chi connectivity index (χ1n) is 10.0.